The molecule has 1 unspecified atom stereocenters. The molecule has 0 spiro atoms. The molecule has 1 amide bonds. The summed E-state index contributed by atoms with van der Waals surface area (Å²) in [4.78, 5) is 12.2. The van der Waals surface area contributed by atoms with Crippen molar-refractivity contribution >= 4 is 27.3 Å². The van der Waals surface area contributed by atoms with Gasteiger partial charge in [0.15, 0.2) is 0 Å². The van der Waals surface area contributed by atoms with Gasteiger partial charge in [-0.05, 0) is 44.0 Å². The summed E-state index contributed by atoms with van der Waals surface area (Å²) < 4.78 is 26.1. The zero-order valence-corrected chi connectivity index (χ0v) is 13.6. The van der Waals surface area contributed by atoms with Gasteiger partial charge in [0.1, 0.15) is 0 Å². The average molecular weight is 325 g/mol. The molecule has 1 saturated heterocycles. The average Bonchev–Trinajstić information content (AvgIpc) is 2.48. The third-order valence-electron chi connectivity index (χ3n) is 3.50. The number of piperidine rings is 1. The smallest absolute Gasteiger partial charge is 0.241 e. The van der Waals surface area contributed by atoms with Gasteiger partial charge in [0, 0.05) is 5.69 Å². The van der Waals surface area contributed by atoms with Gasteiger partial charge in [-0.15, -0.1) is 0 Å². The van der Waals surface area contributed by atoms with Crippen molar-refractivity contribution in [3.8, 4) is 0 Å². The summed E-state index contributed by atoms with van der Waals surface area (Å²) in [6, 6.07) is 6.59. The predicted molar refractivity (Wildman–Crippen MR) is 88.4 cm³/mol. The van der Waals surface area contributed by atoms with Gasteiger partial charge in [-0.1, -0.05) is 19.4 Å². The lowest BCUT2D eigenvalue weighted by Crippen LogP contribution is -2.43. The summed E-state index contributed by atoms with van der Waals surface area (Å²) in [6.45, 7) is 2.67. The van der Waals surface area contributed by atoms with Crippen molar-refractivity contribution in [1.29, 1.82) is 0 Å². The number of carbonyl (C=O) groups is 1. The Kier molecular flexibility index (Phi) is 5.79. The first-order chi connectivity index (χ1) is 10.5. The van der Waals surface area contributed by atoms with Gasteiger partial charge < -0.3 is 10.6 Å². The third-order valence-corrected chi connectivity index (χ3v) is 5.00. The van der Waals surface area contributed by atoms with E-state index in [0.717, 1.165) is 25.8 Å². The molecule has 0 radical (unpaired) electrons. The summed E-state index contributed by atoms with van der Waals surface area (Å²) >= 11 is 0. The number of sulfonamides is 1. The van der Waals surface area contributed by atoms with E-state index in [9.17, 15) is 13.2 Å². The van der Waals surface area contributed by atoms with E-state index < -0.39 is 10.0 Å². The van der Waals surface area contributed by atoms with E-state index in [1.807, 2.05) is 6.92 Å². The molecular weight excluding hydrogens is 302 g/mol. The highest BCUT2D eigenvalue weighted by molar-refractivity contribution is 7.92. The van der Waals surface area contributed by atoms with E-state index in [2.05, 4.69) is 15.4 Å². The molecule has 1 aromatic rings. The minimum absolute atomic E-state index is 0.0757. The molecule has 22 heavy (non-hydrogen) atoms. The maximum Gasteiger partial charge on any atom is 0.241 e. The molecule has 0 aliphatic carbocycles. The standard InChI is InChI=1S/C15H23N3O3S/c1-2-10-22(20,21)18-13-7-5-6-12(11-13)17-15(19)14-8-3-4-9-16-14/h5-7,11,14,16,18H,2-4,8-10H2,1H3,(H,17,19). The van der Waals surface area contributed by atoms with Crippen LogP contribution in [0.4, 0.5) is 11.4 Å². The molecule has 0 saturated carbocycles. The topological polar surface area (TPSA) is 87.3 Å². The number of anilines is 2. The lowest BCUT2D eigenvalue weighted by atomic mass is 10.0. The third kappa shape index (κ3) is 4.99. The zero-order chi connectivity index (χ0) is 16.0. The fourth-order valence-corrected chi connectivity index (χ4v) is 3.59. The zero-order valence-electron chi connectivity index (χ0n) is 12.8. The number of benzene rings is 1. The van der Waals surface area contributed by atoms with Gasteiger partial charge >= 0.3 is 0 Å². The molecule has 0 aromatic heterocycles. The molecule has 1 heterocycles. The first kappa shape index (κ1) is 16.8. The van der Waals surface area contributed by atoms with Gasteiger partial charge in [0.05, 0.1) is 17.5 Å². The van der Waals surface area contributed by atoms with Crippen LogP contribution in [0.3, 0.4) is 0 Å². The van der Waals surface area contributed by atoms with Crippen LogP contribution in [-0.4, -0.2) is 32.7 Å². The molecule has 1 aliphatic rings. The van der Waals surface area contributed by atoms with Gasteiger partial charge in [-0.3, -0.25) is 9.52 Å². The maximum atomic E-state index is 12.2. The van der Waals surface area contributed by atoms with Gasteiger partial charge in [-0.2, -0.15) is 0 Å². The van der Waals surface area contributed by atoms with Crippen molar-refractivity contribution in [2.45, 2.75) is 38.6 Å². The molecule has 1 aliphatic heterocycles. The second-order valence-electron chi connectivity index (χ2n) is 5.49. The Morgan fingerprint density at radius 3 is 2.77 bits per heavy atom. The minimum atomic E-state index is -3.33. The van der Waals surface area contributed by atoms with E-state index in [4.69, 9.17) is 0 Å². The minimum Gasteiger partial charge on any atom is -0.325 e. The summed E-state index contributed by atoms with van der Waals surface area (Å²) in [5.74, 6) is 0.00327. The van der Waals surface area contributed by atoms with Crippen LogP contribution in [0, 0.1) is 0 Å². The van der Waals surface area contributed by atoms with Crippen molar-refractivity contribution in [2.24, 2.45) is 0 Å². The Balaban J connectivity index is 2.00. The molecule has 3 N–H and O–H groups in total. The molecule has 122 valence electrons. The Morgan fingerprint density at radius 2 is 2.09 bits per heavy atom. The summed E-state index contributed by atoms with van der Waals surface area (Å²) in [5.41, 5.74) is 1.05. The van der Waals surface area contributed by atoms with Crippen molar-refractivity contribution < 1.29 is 13.2 Å². The van der Waals surface area contributed by atoms with Crippen molar-refractivity contribution in [3.63, 3.8) is 0 Å². The molecule has 1 fully saturated rings. The summed E-state index contributed by atoms with van der Waals surface area (Å²) in [5, 5.41) is 6.02. The van der Waals surface area contributed by atoms with Crippen molar-refractivity contribution in [2.75, 3.05) is 22.3 Å². The van der Waals surface area contributed by atoms with Crippen LogP contribution in [0.25, 0.3) is 0 Å². The number of hydrogen-bond donors (Lipinski definition) is 3. The van der Waals surface area contributed by atoms with Gasteiger partial charge in [0.25, 0.3) is 0 Å². The highest BCUT2D eigenvalue weighted by atomic mass is 32.2. The van der Waals surface area contributed by atoms with E-state index >= 15 is 0 Å². The lowest BCUT2D eigenvalue weighted by molar-refractivity contribution is -0.118. The fourth-order valence-electron chi connectivity index (χ4n) is 2.46. The first-order valence-corrected chi connectivity index (χ1v) is 9.30. The Bertz CT molecular complexity index is 610. The predicted octanol–water partition coefficient (Wildman–Crippen LogP) is 1.92. The van der Waals surface area contributed by atoms with Crippen LogP contribution in [0.5, 0.6) is 0 Å². The lowest BCUT2D eigenvalue weighted by Gasteiger charge is -2.22. The van der Waals surface area contributed by atoms with Crippen LogP contribution >= 0.6 is 0 Å². The maximum absolute atomic E-state index is 12.2. The molecular formula is C15H23N3O3S. The molecule has 1 aromatic carbocycles. The van der Waals surface area contributed by atoms with Crippen LogP contribution in [0.15, 0.2) is 24.3 Å². The quantitative estimate of drug-likeness (QED) is 0.746. The van der Waals surface area contributed by atoms with Crippen LogP contribution in [-0.2, 0) is 14.8 Å². The van der Waals surface area contributed by atoms with Gasteiger partial charge in [-0.25, -0.2) is 8.42 Å². The van der Waals surface area contributed by atoms with Crippen LogP contribution < -0.4 is 15.4 Å². The Labute approximate surface area is 131 Å². The SMILES string of the molecule is CCCS(=O)(=O)Nc1cccc(NC(=O)C2CCCCN2)c1. The van der Waals surface area contributed by atoms with Crippen LogP contribution in [0.2, 0.25) is 0 Å². The second-order valence-corrected chi connectivity index (χ2v) is 7.34. The van der Waals surface area contributed by atoms with Gasteiger partial charge in [0.2, 0.25) is 15.9 Å². The van der Waals surface area contributed by atoms with E-state index in [-0.39, 0.29) is 17.7 Å². The van der Waals surface area contributed by atoms with Crippen LogP contribution in [0.1, 0.15) is 32.6 Å². The number of hydrogen-bond acceptors (Lipinski definition) is 4. The highest BCUT2D eigenvalue weighted by Crippen LogP contribution is 2.18. The number of amides is 1. The Hall–Kier alpha value is -1.60. The fraction of sp³-hybridized carbons (Fsp3) is 0.533. The summed E-state index contributed by atoms with van der Waals surface area (Å²) in [7, 11) is -3.33. The van der Waals surface area contributed by atoms with E-state index in [0.29, 0.717) is 17.8 Å². The number of carbonyl (C=O) groups excluding carboxylic acids is 1. The second kappa shape index (κ2) is 7.60. The van der Waals surface area contributed by atoms with Crippen molar-refractivity contribution in [3.05, 3.63) is 24.3 Å². The number of rotatable bonds is 6. The summed E-state index contributed by atoms with van der Waals surface area (Å²) in [6.07, 6.45) is 3.52. The molecule has 0 bridgehead atoms. The Morgan fingerprint density at radius 1 is 1.32 bits per heavy atom. The van der Waals surface area contributed by atoms with E-state index in [1.165, 1.54) is 0 Å². The molecule has 2 rings (SSSR count). The highest BCUT2D eigenvalue weighted by Gasteiger charge is 2.20. The molecule has 7 heteroatoms. The normalized spacial score (nSPS) is 18.7. The first-order valence-electron chi connectivity index (χ1n) is 7.65. The monoisotopic (exact) mass is 325 g/mol. The molecule has 1 atom stereocenters. The number of nitrogens with one attached hydrogen (secondary N) is 3. The van der Waals surface area contributed by atoms with Crippen molar-refractivity contribution in [1.82, 2.24) is 5.32 Å². The van der Waals surface area contributed by atoms with E-state index in [1.54, 1.807) is 24.3 Å². The largest absolute Gasteiger partial charge is 0.325 e. The molecule has 6 nitrogen and oxygen atoms in total.